The monoisotopic (exact) mass is 182 g/mol. The molecule has 0 saturated carbocycles. The van der Waals surface area contributed by atoms with E-state index in [4.69, 9.17) is 5.26 Å². The molecule has 0 aromatic carbocycles. The molecule has 0 radical (unpaired) electrons. The molecule has 0 aromatic heterocycles. The van der Waals surface area contributed by atoms with Gasteiger partial charge in [-0.3, -0.25) is 0 Å². The lowest BCUT2D eigenvalue weighted by Gasteiger charge is -1.97. The van der Waals surface area contributed by atoms with Crippen LogP contribution < -0.4 is 0 Å². The SMILES string of the molecule is C/C=C/C(=O)OC/C(C#N)=N/OC. The molecule has 13 heavy (non-hydrogen) atoms. The molecular weight excluding hydrogens is 172 g/mol. The number of allylic oxidation sites excluding steroid dienone is 1. The summed E-state index contributed by atoms with van der Waals surface area (Å²) in [5, 5.41) is 11.8. The molecule has 0 saturated heterocycles. The molecule has 0 aliphatic heterocycles. The third kappa shape index (κ3) is 5.44. The Kier molecular flexibility index (Phi) is 5.89. The zero-order valence-corrected chi connectivity index (χ0v) is 7.48. The Balaban J connectivity index is 3.94. The van der Waals surface area contributed by atoms with Crippen LogP contribution in [0.2, 0.25) is 0 Å². The van der Waals surface area contributed by atoms with Crippen molar-refractivity contribution in [2.75, 3.05) is 13.7 Å². The van der Waals surface area contributed by atoms with Gasteiger partial charge in [0.2, 0.25) is 0 Å². The maximum absolute atomic E-state index is 10.8. The first-order chi connectivity index (χ1) is 6.24. The van der Waals surface area contributed by atoms with Crippen molar-refractivity contribution < 1.29 is 14.4 Å². The zero-order chi connectivity index (χ0) is 10.1. The molecular formula is C8H10N2O3. The van der Waals surface area contributed by atoms with E-state index in [1.54, 1.807) is 19.1 Å². The van der Waals surface area contributed by atoms with E-state index >= 15 is 0 Å². The number of hydrogen-bond donors (Lipinski definition) is 0. The highest BCUT2D eigenvalue weighted by molar-refractivity contribution is 6.00. The number of carbonyl (C=O) groups is 1. The topological polar surface area (TPSA) is 71.7 Å². The number of nitrogens with zero attached hydrogens (tertiary/aromatic N) is 2. The quantitative estimate of drug-likeness (QED) is 0.276. The molecule has 5 nitrogen and oxygen atoms in total. The van der Waals surface area contributed by atoms with Crippen LogP contribution in [-0.4, -0.2) is 25.4 Å². The Morgan fingerprint density at radius 3 is 2.85 bits per heavy atom. The van der Waals surface area contributed by atoms with Gasteiger partial charge in [-0.05, 0) is 6.92 Å². The number of carbonyl (C=O) groups excluding carboxylic acids is 1. The van der Waals surface area contributed by atoms with Crippen molar-refractivity contribution >= 4 is 11.7 Å². The third-order valence-electron chi connectivity index (χ3n) is 0.984. The summed E-state index contributed by atoms with van der Waals surface area (Å²) < 4.78 is 4.63. The minimum Gasteiger partial charge on any atom is -0.455 e. The number of esters is 1. The van der Waals surface area contributed by atoms with Gasteiger partial charge in [0.1, 0.15) is 19.8 Å². The number of oxime groups is 1. The maximum atomic E-state index is 10.8. The summed E-state index contributed by atoms with van der Waals surface area (Å²) in [6.07, 6.45) is 2.80. The molecule has 0 bridgehead atoms. The first kappa shape index (κ1) is 11.2. The van der Waals surface area contributed by atoms with Gasteiger partial charge in [-0.25, -0.2) is 4.79 Å². The largest absolute Gasteiger partial charge is 0.455 e. The van der Waals surface area contributed by atoms with Gasteiger partial charge in [-0.15, -0.1) is 0 Å². The van der Waals surface area contributed by atoms with Gasteiger partial charge >= 0.3 is 5.97 Å². The van der Waals surface area contributed by atoms with Gasteiger partial charge in [-0.1, -0.05) is 11.2 Å². The number of nitriles is 1. The molecule has 0 atom stereocenters. The Hall–Kier alpha value is -1.83. The van der Waals surface area contributed by atoms with Crippen molar-refractivity contribution in [3.05, 3.63) is 12.2 Å². The third-order valence-corrected chi connectivity index (χ3v) is 0.984. The number of hydrogen-bond acceptors (Lipinski definition) is 5. The van der Waals surface area contributed by atoms with Crippen LogP contribution in [0.15, 0.2) is 17.3 Å². The van der Waals surface area contributed by atoms with E-state index in [0.717, 1.165) is 0 Å². The second-order valence-electron chi connectivity index (χ2n) is 1.94. The normalized spacial score (nSPS) is 11.0. The maximum Gasteiger partial charge on any atom is 0.330 e. The standard InChI is InChI=1S/C8H10N2O3/c1-3-4-8(11)13-6-7(5-9)10-12-2/h3-4H,6H2,1-2H3/b4-3+,10-7+. The van der Waals surface area contributed by atoms with Crippen LogP contribution in [0.25, 0.3) is 0 Å². The smallest absolute Gasteiger partial charge is 0.330 e. The molecule has 0 aliphatic carbocycles. The summed E-state index contributed by atoms with van der Waals surface area (Å²) in [6, 6.07) is 1.72. The number of rotatable bonds is 4. The second kappa shape index (κ2) is 6.85. The summed E-state index contributed by atoms with van der Waals surface area (Å²) in [5.74, 6) is -0.512. The van der Waals surface area contributed by atoms with Gasteiger partial charge in [0.25, 0.3) is 0 Å². The van der Waals surface area contributed by atoms with E-state index in [-0.39, 0.29) is 12.3 Å². The van der Waals surface area contributed by atoms with E-state index in [1.807, 2.05) is 0 Å². The predicted octanol–water partition coefficient (Wildman–Crippen LogP) is 0.632. The van der Waals surface area contributed by atoms with Gasteiger partial charge in [0.15, 0.2) is 5.71 Å². The Labute approximate surface area is 76.2 Å². The van der Waals surface area contributed by atoms with Crippen molar-refractivity contribution in [2.24, 2.45) is 5.16 Å². The summed E-state index contributed by atoms with van der Waals surface area (Å²) in [5.41, 5.74) is 0.0142. The fourth-order valence-corrected chi connectivity index (χ4v) is 0.513. The van der Waals surface area contributed by atoms with Crippen LogP contribution in [0, 0.1) is 11.3 Å². The van der Waals surface area contributed by atoms with Crippen LogP contribution in [0.3, 0.4) is 0 Å². The lowest BCUT2D eigenvalue weighted by atomic mass is 10.4. The highest BCUT2D eigenvalue weighted by atomic mass is 16.6. The van der Waals surface area contributed by atoms with Crippen molar-refractivity contribution in [1.82, 2.24) is 0 Å². The molecule has 0 N–H and O–H groups in total. The fourth-order valence-electron chi connectivity index (χ4n) is 0.513. The molecule has 0 unspecified atom stereocenters. The Bertz CT molecular complexity index is 263. The minimum absolute atomic E-state index is 0.0142. The van der Waals surface area contributed by atoms with Gasteiger partial charge in [-0.2, -0.15) is 5.26 Å². The molecule has 0 rings (SSSR count). The van der Waals surface area contributed by atoms with Gasteiger partial charge in [0, 0.05) is 6.08 Å². The van der Waals surface area contributed by atoms with E-state index < -0.39 is 5.97 Å². The van der Waals surface area contributed by atoms with Crippen LogP contribution in [0.4, 0.5) is 0 Å². The minimum atomic E-state index is -0.512. The first-order valence-corrected chi connectivity index (χ1v) is 3.54. The average molecular weight is 182 g/mol. The molecule has 0 aromatic rings. The Morgan fingerprint density at radius 2 is 2.38 bits per heavy atom. The molecule has 0 fully saturated rings. The van der Waals surface area contributed by atoms with Crippen molar-refractivity contribution in [1.29, 1.82) is 5.26 Å². The summed E-state index contributed by atoms with van der Waals surface area (Å²) in [4.78, 5) is 15.1. The highest BCUT2D eigenvalue weighted by Gasteiger charge is 2.01. The second-order valence-corrected chi connectivity index (χ2v) is 1.94. The lowest BCUT2D eigenvalue weighted by Crippen LogP contribution is -2.10. The molecule has 0 aliphatic rings. The first-order valence-electron chi connectivity index (χ1n) is 3.54. The summed E-state index contributed by atoms with van der Waals surface area (Å²) in [7, 11) is 1.31. The molecule has 0 amide bonds. The van der Waals surface area contributed by atoms with E-state index in [0.29, 0.717) is 0 Å². The van der Waals surface area contributed by atoms with Gasteiger partial charge in [0.05, 0.1) is 0 Å². The van der Waals surface area contributed by atoms with Crippen LogP contribution in [-0.2, 0) is 14.4 Å². The van der Waals surface area contributed by atoms with Crippen LogP contribution >= 0.6 is 0 Å². The van der Waals surface area contributed by atoms with E-state index in [2.05, 4.69) is 14.7 Å². The highest BCUT2D eigenvalue weighted by Crippen LogP contribution is 1.85. The molecule has 0 spiro atoms. The van der Waals surface area contributed by atoms with Gasteiger partial charge < -0.3 is 9.57 Å². The lowest BCUT2D eigenvalue weighted by molar-refractivity contribution is -0.136. The molecule has 70 valence electrons. The van der Waals surface area contributed by atoms with E-state index in [1.165, 1.54) is 13.2 Å². The fraction of sp³-hybridized carbons (Fsp3) is 0.375. The van der Waals surface area contributed by atoms with Crippen molar-refractivity contribution in [3.8, 4) is 6.07 Å². The van der Waals surface area contributed by atoms with E-state index in [9.17, 15) is 4.79 Å². The predicted molar refractivity (Wildman–Crippen MR) is 45.8 cm³/mol. The average Bonchev–Trinajstić information content (AvgIpc) is 2.12. The van der Waals surface area contributed by atoms with Crippen LogP contribution in [0.5, 0.6) is 0 Å². The summed E-state index contributed by atoms with van der Waals surface area (Å²) >= 11 is 0. The molecule has 5 heteroatoms. The summed E-state index contributed by atoms with van der Waals surface area (Å²) in [6.45, 7) is 1.52. The zero-order valence-electron chi connectivity index (χ0n) is 7.48. The number of ether oxygens (including phenoxy) is 1. The van der Waals surface area contributed by atoms with Crippen molar-refractivity contribution in [2.45, 2.75) is 6.92 Å². The van der Waals surface area contributed by atoms with Crippen molar-refractivity contribution in [3.63, 3.8) is 0 Å². The molecule has 0 heterocycles. The van der Waals surface area contributed by atoms with Crippen LogP contribution in [0.1, 0.15) is 6.92 Å². The Morgan fingerprint density at radius 1 is 1.69 bits per heavy atom.